The standard InChI is InChI=1S/C30H35N9/c1-37-14-16-38(17-15-37)22-10-12-23(13-11-22)39-30-27(29(31)33-19-34-30)28(36-39)20-6-8-21(9-7-20)35-26-18-32-25-5-3-2-4-24(25)26/h2-9,18-19,22-23,32,35H,10-17H2,1H3,(H2,31,33,34). The Morgan fingerprint density at radius 1 is 0.897 bits per heavy atom. The van der Waals surface area contributed by atoms with Crippen LogP contribution in [-0.4, -0.2) is 73.8 Å². The van der Waals surface area contributed by atoms with Crippen LogP contribution < -0.4 is 11.1 Å². The fourth-order valence-corrected chi connectivity index (χ4v) is 6.35. The summed E-state index contributed by atoms with van der Waals surface area (Å²) in [4.78, 5) is 17.4. The predicted molar refractivity (Wildman–Crippen MR) is 157 cm³/mol. The summed E-state index contributed by atoms with van der Waals surface area (Å²) < 4.78 is 2.13. The lowest BCUT2D eigenvalue weighted by molar-refractivity contribution is 0.0815. The molecule has 1 aliphatic carbocycles. The predicted octanol–water partition coefficient (Wildman–Crippen LogP) is 5.03. The number of aromatic nitrogens is 5. The van der Waals surface area contributed by atoms with Gasteiger partial charge in [-0.1, -0.05) is 30.3 Å². The van der Waals surface area contributed by atoms with E-state index in [0.29, 0.717) is 17.9 Å². The Hall–Kier alpha value is -3.95. The number of para-hydroxylation sites is 1. The number of H-pyrrole nitrogens is 1. The Balaban J connectivity index is 1.13. The first kappa shape index (κ1) is 24.1. The first-order valence-corrected chi connectivity index (χ1v) is 14.0. The van der Waals surface area contributed by atoms with Gasteiger partial charge in [-0.15, -0.1) is 0 Å². The van der Waals surface area contributed by atoms with Gasteiger partial charge in [0.1, 0.15) is 17.8 Å². The number of nitrogen functional groups attached to an aromatic ring is 1. The molecular weight excluding hydrogens is 486 g/mol. The normalized spacial score (nSPS) is 21.1. The smallest absolute Gasteiger partial charge is 0.164 e. The number of anilines is 3. The molecule has 4 N–H and O–H groups in total. The first-order valence-electron chi connectivity index (χ1n) is 14.0. The summed E-state index contributed by atoms with van der Waals surface area (Å²) >= 11 is 0. The second kappa shape index (κ2) is 9.98. The highest BCUT2D eigenvalue weighted by molar-refractivity contribution is 5.98. The average molecular weight is 522 g/mol. The van der Waals surface area contributed by atoms with E-state index in [2.05, 4.69) is 84.3 Å². The van der Waals surface area contributed by atoms with Crippen LogP contribution in [0.5, 0.6) is 0 Å². The summed E-state index contributed by atoms with van der Waals surface area (Å²) in [5.74, 6) is 0.480. The number of rotatable bonds is 5. The van der Waals surface area contributed by atoms with Crippen molar-refractivity contribution in [2.45, 2.75) is 37.8 Å². The highest BCUT2D eigenvalue weighted by atomic mass is 15.3. The molecule has 2 fully saturated rings. The molecule has 2 aromatic carbocycles. The summed E-state index contributed by atoms with van der Waals surface area (Å²) in [6.07, 6.45) is 8.16. The molecule has 1 saturated carbocycles. The lowest BCUT2D eigenvalue weighted by Crippen LogP contribution is -2.49. The topological polar surface area (TPSA) is 104 Å². The van der Waals surface area contributed by atoms with E-state index in [1.165, 1.54) is 44.4 Å². The number of nitrogens with one attached hydrogen (secondary N) is 2. The zero-order chi connectivity index (χ0) is 26.3. The molecule has 39 heavy (non-hydrogen) atoms. The van der Waals surface area contributed by atoms with Crippen LogP contribution in [0.1, 0.15) is 31.7 Å². The van der Waals surface area contributed by atoms with Gasteiger partial charge in [0.25, 0.3) is 0 Å². The number of nitrogens with zero attached hydrogens (tertiary/aromatic N) is 6. The summed E-state index contributed by atoms with van der Waals surface area (Å²) in [5, 5.41) is 10.7. The molecule has 200 valence electrons. The van der Waals surface area contributed by atoms with E-state index in [9.17, 15) is 0 Å². The van der Waals surface area contributed by atoms with Gasteiger partial charge < -0.3 is 20.9 Å². The summed E-state index contributed by atoms with van der Waals surface area (Å²) in [6.45, 7) is 4.68. The molecule has 0 amide bonds. The summed E-state index contributed by atoms with van der Waals surface area (Å²) in [7, 11) is 2.22. The molecule has 0 radical (unpaired) electrons. The van der Waals surface area contributed by atoms with Gasteiger partial charge in [-0.2, -0.15) is 5.10 Å². The van der Waals surface area contributed by atoms with Crippen molar-refractivity contribution in [2.24, 2.45) is 0 Å². The Bertz CT molecular complexity index is 1590. The number of aromatic amines is 1. The Kier molecular flexibility index (Phi) is 6.17. The van der Waals surface area contributed by atoms with Crippen LogP contribution in [-0.2, 0) is 0 Å². The maximum Gasteiger partial charge on any atom is 0.164 e. The van der Waals surface area contributed by atoms with Crippen molar-refractivity contribution in [1.29, 1.82) is 0 Å². The van der Waals surface area contributed by atoms with Crippen molar-refractivity contribution < 1.29 is 0 Å². The van der Waals surface area contributed by atoms with Crippen LogP contribution in [0.25, 0.3) is 33.2 Å². The molecule has 0 spiro atoms. The third-order valence-corrected chi connectivity index (χ3v) is 8.61. The molecule has 5 aromatic rings. The van der Waals surface area contributed by atoms with E-state index >= 15 is 0 Å². The van der Waals surface area contributed by atoms with Crippen LogP contribution in [0.4, 0.5) is 17.2 Å². The fraction of sp³-hybridized carbons (Fsp3) is 0.367. The van der Waals surface area contributed by atoms with Crippen molar-refractivity contribution >= 4 is 39.1 Å². The van der Waals surface area contributed by atoms with E-state index in [0.717, 1.165) is 52.0 Å². The molecule has 0 unspecified atom stereocenters. The molecule has 9 heteroatoms. The molecule has 4 heterocycles. The maximum atomic E-state index is 6.41. The number of likely N-dealkylation sites (N-methyl/N-ethyl adjacent to an activating group) is 1. The van der Waals surface area contributed by atoms with Crippen molar-refractivity contribution in [3.8, 4) is 11.3 Å². The lowest BCUT2D eigenvalue weighted by Gasteiger charge is -2.41. The van der Waals surface area contributed by atoms with Gasteiger partial charge in [-0.05, 0) is 50.9 Å². The van der Waals surface area contributed by atoms with Crippen molar-refractivity contribution in [3.63, 3.8) is 0 Å². The Labute approximate surface area is 228 Å². The third-order valence-electron chi connectivity index (χ3n) is 8.61. The van der Waals surface area contributed by atoms with E-state index in [4.69, 9.17) is 10.8 Å². The van der Waals surface area contributed by atoms with Crippen LogP contribution in [0.2, 0.25) is 0 Å². The molecule has 9 nitrogen and oxygen atoms in total. The molecule has 1 aliphatic heterocycles. The summed E-state index contributed by atoms with van der Waals surface area (Å²) in [5.41, 5.74) is 12.3. The van der Waals surface area contributed by atoms with Crippen molar-refractivity contribution in [1.82, 2.24) is 34.5 Å². The van der Waals surface area contributed by atoms with Crippen LogP contribution >= 0.6 is 0 Å². The largest absolute Gasteiger partial charge is 0.383 e. The Morgan fingerprint density at radius 3 is 2.44 bits per heavy atom. The Morgan fingerprint density at radius 2 is 1.64 bits per heavy atom. The molecule has 7 rings (SSSR count). The van der Waals surface area contributed by atoms with Gasteiger partial charge in [0.15, 0.2) is 5.65 Å². The number of nitrogens with two attached hydrogens (primary N) is 1. The fourth-order valence-electron chi connectivity index (χ4n) is 6.35. The molecule has 0 atom stereocenters. The highest BCUT2D eigenvalue weighted by Crippen LogP contribution is 2.37. The van der Waals surface area contributed by atoms with Gasteiger partial charge in [-0.3, -0.25) is 4.90 Å². The number of hydrogen-bond donors (Lipinski definition) is 3. The molecule has 1 saturated heterocycles. The number of hydrogen-bond acceptors (Lipinski definition) is 7. The minimum atomic E-state index is 0.321. The van der Waals surface area contributed by atoms with Crippen LogP contribution in [0.3, 0.4) is 0 Å². The minimum Gasteiger partial charge on any atom is -0.383 e. The van der Waals surface area contributed by atoms with Gasteiger partial charge in [-0.25, -0.2) is 14.6 Å². The lowest BCUT2D eigenvalue weighted by atomic mass is 9.90. The van der Waals surface area contributed by atoms with E-state index < -0.39 is 0 Å². The average Bonchev–Trinajstić information content (AvgIpc) is 3.57. The SMILES string of the molecule is CN1CCN(C2CCC(n3nc(-c4ccc(Nc5c[nH]c6ccccc56)cc4)c4c(N)ncnc43)CC2)CC1. The number of benzene rings is 2. The number of piperazine rings is 1. The van der Waals surface area contributed by atoms with Crippen LogP contribution in [0, 0.1) is 0 Å². The van der Waals surface area contributed by atoms with Gasteiger partial charge in [0, 0.05) is 60.6 Å². The molecular formula is C30H35N9. The highest BCUT2D eigenvalue weighted by Gasteiger charge is 2.30. The second-order valence-corrected chi connectivity index (χ2v) is 11.0. The first-order chi connectivity index (χ1) is 19.1. The minimum absolute atomic E-state index is 0.321. The quantitative estimate of drug-likeness (QED) is 0.298. The van der Waals surface area contributed by atoms with Crippen molar-refractivity contribution in [2.75, 3.05) is 44.3 Å². The zero-order valence-corrected chi connectivity index (χ0v) is 22.3. The molecule has 0 bridgehead atoms. The second-order valence-electron chi connectivity index (χ2n) is 11.0. The number of fused-ring (bicyclic) bond motifs is 2. The summed E-state index contributed by atoms with van der Waals surface area (Å²) in [6, 6.07) is 17.6. The van der Waals surface area contributed by atoms with Gasteiger partial charge >= 0.3 is 0 Å². The zero-order valence-electron chi connectivity index (χ0n) is 22.3. The van der Waals surface area contributed by atoms with Gasteiger partial charge in [0.2, 0.25) is 0 Å². The third kappa shape index (κ3) is 4.51. The van der Waals surface area contributed by atoms with E-state index in [1.807, 2.05) is 12.3 Å². The van der Waals surface area contributed by atoms with Crippen molar-refractivity contribution in [3.05, 3.63) is 61.1 Å². The maximum absolute atomic E-state index is 6.41. The van der Waals surface area contributed by atoms with Crippen LogP contribution in [0.15, 0.2) is 61.1 Å². The van der Waals surface area contributed by atoms with Gasteiger partial charge in [0.05, 0.1) is 17.1 Å². The monoisotopic (exact) mass is 521 g/mol. The molecule has 3 aromatic heterocycles. The van der Waals surface area contributed by atoms with E-state index in [1.54, 1.807) is 6.33 Å². The molecule has 2 aliphatic rings. The van der Waals surface area contributed by atoms with E-state index in [-0.39, 0.29) is 0 Å².